The van der Waals surface area contributed by atoms with Crippen molar-refractivity contribution in [1.29, 1.82) is 0 Å². The average molecular weight is 313 g/mol. The molecule has 4 nitrogen and oxygen atoms in total. The molecule has 0 aliphatic carbocycles. The summed E-state index contributed by atoms with van der Waals surface area (Å²) in [6.45, 7) is 5.08. The standard InChI is InChI=1S/C19H23NO3/c1-19(9-12-22-13-10-19)15-20(14-16-6-3-2-4-7-16)18(21)17-8-5-11-23-17/h2-8,11H,9-10,12-15H2,1H3. The van der Waals surface area contributed by atoms with Gasteiger partial charge in [0.1, 0.15) is 0 Å². The molecule has 2 aromatic rings. The summed E-state index contributed by atoms with van der Waals surface area (Å²) < 4.78 is 10.8. The fraction of sp³-hybridized carbons (Fsp3) is 0.421. The minimum Gasteiger partial charge on any atom is -0.459 e. The summed E-state index contributed by atoms with van der Waals surface area (Å²) in [7, 11) is 0. The summed E-state index contributed by atoms with van der Waals surface area (Å²) in [4.78, 5) is 14.7. The molecule has 0 spiro atoms. The highest BCUT2D eigenvalue weighted by Gasteiger charge is 2.32. The minimum atomic E-state index is -0.0495. The Morgan fingerprint density at radius 1 is 1.13 bits per heavy atom. The first kappa shape index (κ1) is 15.8. The van der Waals surface area contributed by atoms with E-state index in [0.29, 0.717) is 18.8 Å². The number of nitrogens with zero attached hydrogens (tertiary/aromatic N) is 1. The molecule has 0 unspecified atom stereocenters. The lowest BCUT2D eigenvalue weighted by Crippen LogP contribution is -2.42. The van der Waals surface area contributed by atoms with E-state index in [1.807, 2.05) is 23.1 Å². The van der Waals surface area contributed by atoms with Gasteiger partial charge in [0.15, 0.2) is 5.76 Å². The Hall–Kier alpha value is -2.07. The van der Waals surface area contributed by atoms with Crippen molar-refractivity contribution < 1.29 is 13.9 Å². The number of furan rings is 1. The molecule has 0 N–H and O–H groups in total. The van der Waals surface area contributed by atoms with Crippen LogP contribution in [0, 0.1) is 5.41 Å². The molecule has 23 heavy (non-hydrogen) atoms. The second-order valence-corrected chi connectivity index (χ2v) is 6.55. The molecule has 1 fully saturated rings. The van der Waals surface area contributed by atoms with Crippen molar-refractivity contribution >= 4 is 5.91 Å². The van der Waals surface area contributed by atoms with Gasteiger partial charge in [-0.05, 0) is 36.0 Å². The third kappa shape index (κ3) is 4.02. The molecule has 122 valence electrons. The molecule has 1 saturated heterocycles. The predicted molar refractivity (Wildman–Crippen MR) is 88.1 cm³/mol. The van der Waals surface area contributed by atoms with Crippen molar-refractivity contribution in [3.63, 3.8) is 0 Å². The minimum absolute atomic E-state index is 0.0495. The lowest BCUT2D eigenvalue weighted by molar-refractivity contribution is 0.00390. The summed E-state index contributed by atoms with van der Waals surface area (Å²) in [6, 6.07) is 13.6. The SMILES string of the molecule is CC1(CN(Cc2ccccc2)C(=O)c2ccco2)CCOCC1. The Balaban J connectivity index is 1.79. The summed E-state index contributed by atoms with van der Waals surface area (Å²) >= 11 is 0. The van der Waals surface area contributed by atoms with E-state index in [0.717, 1.165) is 31.6 Å². The highest BCUT2D eigenvalue weighted by atomic mass is 16.5. The first-order chi connectivity index (χ1) is 11.2. The van der Waals surface area contributed by atoms with Crippen LogP contribution in [0.15, 0.2) is 53.1 Å². The Kier molecular flexibility index (Phi) is 4.82. The van der Waals surface area contributed by atoms with Gasteiger partial charge in [-0.15, -0.1) is 0 Å². The second kappa shape index (κ2) is 7.01. The van der Waals surface area contributed by atoms with E-state index in [4.69, 9.17) is 9.15 Å². The molecule has 0 saturated carbocycles. The molecule has 2 heterocycles. The van der Waals surface area contributed by atoms with Gasteiger partial charge in [-0.25, -0.2) is 0 Å². The summed E-state index contributed by atoms with van der Waals surface area (Å²) in [5, 5.41) is 0. The molecule has 1 aromatic heterocycles. The Morgan fingerprint density at radius 3 is 2.52 bits per heavy atom. The third-order valence-electron chi connectivity index (χ3n) is 4.51. The van der Waals surface area contributed by atoms with Gasteiger partial charge < -0.3 is 14.1 Å². The number of rotatable bonds is 5. The van der Waals surface area contributed by atoms with Crippen molar-refractivity contribution in [1.82, 2.24) is 4.90 Å². The summed E-state index contributed by atoms with van der Waals surface area (Å²) in [5.41, 5.74) is 1.22. The van der Waals surface area contributed by atoms with Gasteiger partial charge in [-0.3, -0.25) is 4.79 Å². The van der Waals surface area contributed by atoms with Crippen LogP contribution in [0.5, 0.6) is 0 Å². The van der Waals surface area contributed by atoms with Crippen LogP contribution in [0.3, 0.4) is 0 Å². The lowest BCUT2D eigenvalue weighted by atomic mass is 9.81. The van der Waals surface area contributed by atoms with Crippen molar-refractivity contribution in [2.24, 2.45) is 5.41 Å². The topological polar surface area (TPSA) is 42.7 Å². The van der Waals surface area contributed by atoms with Gasteiger partial charge in [-0.1, -0.05) is 37.3 Å². The van der Waals surface area contributed by atoms with Crippen LogP contribution in [0.1, 0.15) is 35.9 Å². The number of carbonyl (C=O) groups is 1. The zero-order valence-electron chi connectivity index (χ0n) is 13.5. The maximum atomic E-state index is 12.8. The number of hydrogen-bond donors (Lipinski definition) is 0. The monoisotopic (exact) mass is 313 g/mol. The fourth-order valence-corrected chi connectivity index (χ4v) is 3.04. The molecule has 0 atom stereocenters. The van der Waals surface area contributed by atoms with Crippen LogP contribution < -0.4 is 0 Å². The first-order valence-electron chi connectivity index (χ1n) is 8.11. The predicted octanol–water partition coefficient (Wildman–Crippen LogP) is 3.74. The summed E-state index contributed by atoms with van der Waals surface area (Å²) in [5.74, 6) is 0.350. The maximum absolute atomic E-state index is 12.8. The number of hydrogen-bond acceptors (Lipinski definition) is 3. The molecule has 0 radical (unpaired) electrons. The average Bonchev–Trinajstić information content (AvgIpc) is 3.09. The van der Waals surface area contributed by atoms with Gasteiger partial charge in [0, 0.05) is 26.3 Å². The van der Waals surface area contributed by atoms with Crippen molar-refractivity contribution in [3.8, 4) is 0 Å². The maximum Gasteiger partial charge on any atom is 0.289 e. The zero-order valence-corrected chi connectivity index (χ0v) is 13.5. The quantitative estimate of drug-likeness (QED) is 0.844. The first-order valence-corrected chi connectivity index (χ1v) is 8.11. The van der Waals surface area contributed by atoms with E-state index >= 15 is 0 Å². The molecule has 1 amide bonds. The van der Waals surface area contributed by atoms with Crippen LogP contribution in [0.25, 0.3) is 0 Å². The van der Waals surface area contributed by atoms with E-state index in [1.54, 1.807) is 18.4 Å². The molecule has 1 aliphatic rings. The molecule has 0 bridgehead atoms. The molecule has 4 heteroatoms. The van der Waals surface area contributed by atoms with Crippen molar-refractivity contribution in [3.05, 3.63) is 60.1 Å². The normalized spacial score (nSPS) is 16.9. The number of ether oxygens (including phenoxy) is 1. The highest BCUT2D eigenvalue weighted by Crippen LogP contribution is 2.31. The van der Waals surface area contributed by atoms with Crippen molar-refractivity contribution in [2.75, 3.05) is 19.8 Å². The lowest BCUT2D eigenvalue weighted by Gasteiger charge is -2.38. The van der Waals surface area contributed by atoms with Crippen LogP contribution in [0.2, 0.25) is 0 Å². The number of benzene rings is 1. The Bertz CT molecular complexity index is 615. The Morgan fingerprint density at radius 2 is 1.87 bits per heavy atom. The molecular weight excluding hydrogens is 290 g/mol. The molecular formula is C19H23NO3. The summed E-state index contributed by atoms with van der Waals surface area (Å²) in [6.07, 6.45) is 3.50. The van der Waals surface area contributed by atoms with Gasteiger partial charge in [0.25, 0.3) is 5.91 Å². The van der Waals surface area contributed by atoms with E-state index in [2.05, 4.69) is 19.1 Å². The molecule has 3 rings (SSSR count). The van der Waals surface area contributed by atoms with Crippen LogP contribution >= 0.6 is 0 Å². The smallest absolute Gasteiger partial charge is 0.289 e. The largest absolute Gasteiger partial charge is 0.459 e. The number of amides is 1. The van der Waals surface area contributed by atoms with E-state index in [1.165, 1.54) is 0 Å². The Labute approximate surface area is 137 Å². The van der Waals surface area contributed by atoms with Crippen LogP contribution in [-0.2, 0) is 11.3 Å². The van der Waals surface area contributed by atoms with Gasteiger partial charge in [0.05, 0.1) is 6.26 Å². The highest BCUT2D eigenvalue weighted by molar-refractivity contribution is 5.91. The van der Waals surface area contributed by atoms with Gasteiger partial charge in [0.2, 0.25) is 0 Å². The van der Waals surface area contributed by atoms with Gasteiger partial charge in [-0.2, -0.15) is 0 Å². The molecule has 1 aliphatic heterocycles. The van der Waals surface area contributed by atoms with E-state index in [-0.39, 0.29) is 11.3 Å². The number of carbonyl (C=O) groups excluding carboxylic acids is 1. The van der Waals surface area contributed by atoms with Gasteiger partial charge >= 0.3 is 0 Å². The second-order valence-electron chi connectivity index (χ2n) is 6.55. The van der Waals surface area contributed by atoms with E-state index in [9.17, 15) is 4.79 Å². The van der Waals surface area contributed by atoms with Crippen LogP contribution in [-0.4, -0.2) is 30.6 Å². The van der Waals surface area contributed by atoms with E-state index < -0.39 is 0 Å². The fourth-order valence-electron chi connectivity index (χ4n) is 3.04. The third-order valence-corrected chi connectivity index (χ3v) is 4.51. The van der Waals surface area contributed by atoms with Crippen LogP contribution in [0.4, 0.5) is 0 Å². The zero-order chi connectivity index (χ0) is 16.1. The molecule has 1 aromatic carbocycles. The van der Waals surface area contributed by atoms with Crippen molar-refractivity contribution in [2.45, 2.75) is 26.3 Å².